The zero-order valence-electron chi connectivity index (χ0n) is 15.8. The van der Waals surface area contributed by atoms with Gasteiger partial charge < -0.3 is 15.4 Å². The fourth-order valence-corrected chi connectivity index (χ4v) is 2.44. The molecule has 156 valence electrons. The van der Waals surface area contributed by atoms with Crippen LogP contribution in [0.3, 0.4) is 0 Å². The Hall–Kier alpha value is -3.37. The molecule has 1 amide bonds. The minimum absolute atomic E-state index is 0.0910. The van der Waals surface area contributed by atoms with Crippen LogP contribution in [-0.4, -0.2) is 35.0 Å². The molecule has 8 nitrogen and oxygen atoms in total. The summed E-state index contributed by atoms with van der Waals surface area (Å²) in [6.45, 7) is 2.93. The first kappa shape index (κ1) is 21.9. The van der Waals surface area contributed by atoms with Gasteiger partial charge in [0.05, 0.1) is 10.5 Å². The number of ether oxygens (including phenoxy) is 1. The highest BCUT2D eigenvalue weighted by Gasteiger charge is 2.35. The maximum atomic E-state index is 13.0. The van der Waals surface area contributed by atoms with Crippen LogP contribution in [0, 0.1) is 10.1 Å². The average molecular weight is 412 g/mol. The summed E-state index contributed by atoms with van der Waals surface area (Å²) in [5.74, 6) is -1.07. The Kier molecular flexibility index (Phi) is 6.30. The summed E-state index contributed by atoms with van der Waals surface area (Å²) < 4.78 is 44.4. The van der Waals surface area contributed by atoms with Crippen molar-refractivity contribution in [2.24, 2.45) is 0 Å². The van der Waals surface area contributed by atoms with Gasteiger partial charge in [0, 0.05) is 24.9 Å². The minimum atomic E-state index is -4.63. The summed E-state index contributed by atoms with van der Waals surface area (Å²) in [5, 5.41) is 16.6. The molecule has 0 aliphatic carbocycles. The zero-order valence-corrected chi connectivity index (χ0v) is 15.8. The van der Waals surface area contributed by atoms with Crippen molar-refractivity contribution < 1.29 is 27.6 Å². The van der Waals surface area contributed by atoms with Gasteiger partial charge in [-0.05, 0) is 38.1 Å². The lowest BCUT2D eigenvalue weighted by Gasteiger charge is -2.27. The molecule has 2 aromatic rings. The Labute approximate surface area is 164 Å². The van der Waals surface area contributed by atoms with Crippen molar-refractivity contribution in [2.75, 3.05) is 19.0 Å². The van der Waals surface area contributed by atoms with Gasteiger partial charge in [-0.1, -0.05) is 0 Å². The van der Waals surface area contributed by atoms with Crippen molar-refractivity contribution >= 4 is 17.3 Å². The number of nitrogens with one attached hydrogen (secondary N) is 2. The van der Waals surface area contributed by atoms with E-state index in [9.17, 15) is 28.1 Å². The number of aromatic nitrogens is 1. The Morgan fingerprint density at radius 3 is 2.55 bits per heavy atom. The molecule has 0 radical (unpaired) electrons. The minimum Gasteiger partial charge on any atom is -0.475 e. The van der Waals surface area contributed by atoms with Crippen LogP contribution in [0.2, 0.25) is 0 Å². The van der Waals surface area contributed by atoms with Gasteiger partial charge in [0.2, 0.25) is 5.88 Å². The van der Waals surface area contributed by atoms with E-state index in [0.29, 0.717) is 0 Å². The first-order valence-electron chi connectivity index (χ1n) is 8.38. The van der Waals surface area contributed by atoms with Crippen LogP contribution in [0.15, 0.2) is 36.5 Å². The number of nitrogens with zero attached hydrogens (tertiary/aromatic N) is 2. The topological polar surface area (TPSA) is 106 Å². The van der Waals surface area contributed by atoms with Crippen molar-refractivity contribution in [3.05, 3.63) is 57.8 Å². The molecule has 0 spiro atoms. The Balaban J connectivity index is 2.22. The smallest absolute Gasteiger partial charge is 0.421 e. The Bertz CT molecular complexity index is 916. The number of carbonyl (C=O) groups excluding carboxylic acids is 1. The quantitative estimate of drug-likeness (QED) is 0.531. The number of nitro groups is 1. The molecule has 0 saturated heterocycles. The zero-order chi connectivity index (χ0) is 21.8. The summed E-state index contributed by atoms with van der Waals surface area (Å²) in [6.07, 6.45) is -3.46. The maximum absolute atomic E-state index is 13.0. The molecule has 0 aliphatic heterocycles. The molecule has 0 saturated carbocycles. The number of nitro benzene ring substituents is 1. The molecule has 11 heteroatoms. The number of hydrogen-bond donors (Lipinski definition) is 2. The lowest BCUT2D eigenvalue weighted by atomic mass is 10.1. The third-order valence-electron chi connectivity index (χ3n) is 3.80. The fourth-order valence-electron chi connectivity index (χ4n) is 2.44. The van der Waals surface area contributed by atoms with Crippen LogP contribution in [0.25, 0.3) is 0 Å². The molecule has 0 unspecified atom stereocenters. The second-order valence-electron chi connectivity index (χ2n) is 6.72. The molecule has 2 rings (SSSR count). The summed E-state index contributed by atoms with van der Waals surface area (Å²) >= 11 is 0. The van der Waals surface area contributed by atoms with E-state index in [4.69, 9.17) is 4.74 Å². The number of benzene rings is 1. The molecule has 1 heterocycles. The van der Waals surface area contributed by atoms with Gasteiger partial charge >= 0.3 is 6.18 Å². The predicted octanol–water partition coefficient (Wildman–Crippen LogP) is 3.64. The monoisotopic (exact) mass is 412 g/mol. The van der Waals surface area contributed by atoms with Crippen molar-refractivity contribution in [3.63, 3.8) is 0 Å². The van der Waals surface area contributed by atoms with E-state index < -0.39 is 34.0 Å². The highest BCUT2D eigenvalue weighted by atomic mass is 19.4. The third kappa shape index (κ3) is 5.56. The van der Waals surface area contributed by atoms with E-state index in [1.54, 1.807) is 13.8 Å². The maximum Gasteiger partial charge on any atom is 0.421 e. The fraction of sp³-hybridized carbons (Fsp3) is 0.333. The number of halogens is 3. The SMILES string of the molecule is CNC(=O)c1ccc(NC(C)(C)COc2ncccc2C(F)(F)F)c([N+](=O)[O-])c1. The summed E-state index contributed by atoms with van der Waals surface area (Å²) in [6, 6.07) is 5.86. The summed E-state index contributed by atoms with van der Waals surface area (Å²) in [5.41, 5.74) is -2.18. The van der Waals surface area contributed by atoms with Gasteiger partial charge in [0.25, 0.3) is 11.6 Å². The Morgan fingerprint density at radius 2 is 1.97 bits per heavy atom. The second-order valence-corrected chi connectivity index (χ2v) is 6.72. The summed E-state index contributed by atoms with van der Waals surface area (Å²) in [7, 11) is 1.40. The number of rotatable bonds is 7. The lowest BCUT2D eigenvalue weighted by Crippen LogP contribution is -2.38. The molecule has 0 fully saturated rings. The first-order chi connectivity index (χ1) is 13.4. The molecule has 0 bridgehead atoms. The van der Waals surface area contributed by atoms with Crippen molar-refractivity contribution in [1.29, 1.82) is 0 Å². The first-order valence-corrected chi connectivity index (χ1v) is 8.38. The predicted molar refractivity (Wildman–Crippen MR) is 98.9 cm³/mol. The normalized spacial score (nSPS) is 11.7. The van der Waals surface area contributed by atoms with E-state index in [2.05, 4.69) is 15.6 Å². The van der Waals surface area contributed by atoms with E-state index in [-0.39, 0.29) is 23.5 Å². The van der Waals surface area contributed by atoms with Gasteiger partial charge in [-0.3, -0.25) is 14.9 Å². The Morgan fingerprint density at radius 1 is 1.28 bits per heavy atom. The number of pyridine rings is 1. The van der Waals surface area contributed by atoms with Crippen molar-refractivity contribution in [2.45, 2.75) is 25.6 Å². The van der Waals surface area contributed by atoms with Crippen LogP contribution < -0.4 is 15.4 Å². The highest BCUT2D eigenvalue weighted by Crippen LogP contribution is 2.35. The number of alkyl halides is 3. The van der Waals surface area contributed by atoms with Crippen LogP contribution in [0.5, 0.6) is 5.88 Å². The number of carbonyl (C=O) groups is 1. The molecular weight excluding hydrogens is 393 g/mol. The van der Waals surface area contributed by atoms with Crippen LogP contribution in [-0.2, 0) is 6.18 Å². The molecule has 2 N–H and O–H groups in total. The number of hydrogen-bond acceptors (Lipinski definition) is 6. The van der Waals surface area contributed by atoms with E-state index >= 15 is 0 Å². The third-order valence-corrected chi connectivity index (χ3v) is 3.80. The molecule has 1 aromatic carbocycles. The van der Waals surface area contributed by atoms with Gasteiger partial charge in [-0.2, -0.15) is 13.2 Å². The number of amides is 1. The van der Waals surface area contributed by atoms with E-state index in [0.717, 1.165) is 18.2 Å². The van der Waals surface area contributed by atoms with E-state index in [1.165, 1.54) is 25.4 Å². The second kappa shape index (κ2) is 8.33. The van der Waals surface area contributed by atoms with Gasteiger partial charge in [-0.25, -0.2) is 4.98 Å². The number of anilines is 1. The van der Waals surface area contributed by atoms with Crippen LogP contribution >= 0.6 is 0 Å². The molecule has 1 aromatic heterocycles. The highest BCUT2D eigenvalue weighted by molar-refractivity contribution is 5.95. The molecule has 0 aliphatic rings. The molecule has 29 heavy (non-hydrogen) atoms. The van der Waals surface area contributed by atoms with Gasteiger partial charge in [0.1, 0.15) is 17.9 Å². The molecule has 0 atom stereocenters. The standard InChI is InChI=1S/C18H19F3N4O4/c1-17(2,10-29-16-12(18(19,20)21)5-4-8-23-16)24-13-7-6-11(15(26)22-3)9-14(13)25(27)28/h4-9,24H,10H2,1-3H3,(H,22,26). The lowest BCUT2D eigenvalue weighted by molar-refractivity contribution is -0.384. The van der Waals surface area contributed by atoms with E-state index in [1.807, 2.05) is 0 Å². The van der Waals surface area contributed by atoms with Gasteiger partial charge in [0.15, 0.2) is 0 Å². The van der Waals surface area contributed by atoms with Crippen LogP contribution in [0.1, 0.15) is 29.8 Å². The summed E-state index contributed by atoms with van der Waals surface area (Å²) in [4.78, 5) is 26.0. The van der Waals surface area contributed by atoms with Gasteiger partial charge in [-0.15, -0.1) is 0 Å². The molecular formula is C18H19F3N4O4. The van der Waals surface area contributed by atoms with Crippen molar-refractivity contribution in [1.82, 2.24) is 10.3 Å². The van der Waals surface area contributed by atoms with Crippen molar-refractivity contribution in [3.8, 4) is 5.88 Å². The van der Waals surface area contributed by atoms with Crippen LogP contribution in [0.4, 0.5) is 24.5 Å². The average Bonchev–Trinajstić information content (AvgIpc) is 2.65. The largest absolute Gasteiger partial charge is 0.475 e.